The third kappa shape index (κ3) is 3.93. The van der Waals surface area contributed by atoms with Gasteiger partial charge in [0.25, 0.3) is 10.1 Å². The average molecular weight is 275 g/mol. The van der Waals surface area contributed by atoms with Crippen LogP contribution in [0.4, 0.5) is 0 Å². The summed E-state index contributed by atoms with van der Waals surface area (Å²) in [6, 6.07) is 0. The first-order valence-electron chi connectivity index (χ1n) is 3.77. The van der Waals surface area contributed by atoms with Gasteiger partial charge < -0.3 is 0 Å². The Hall–Kier alpha value is 0.500. The molecular weight excluding hydrogens is 262 g/mol. The van der Waals surface area contributed by atoms with Crippen molar-refractivity contribution in [1.29, 1.82) is 0 Å². The first kappa shape index (κ1) is 14.5. The van der Waals surface area contributed by atoms with E-state index in [1.165, 1.54) is 23.9 Å². The van der Waals surface area contributed by atoms with E-state index in [4.69, 9.17) is 16.8 Å². The molecule has 0 amide bonds. The molecule has 84 valence electrons. The molecule has 1 N–H and O–H groups in total. The predicted octanol–water partition coefficient (Wildman–Crippen LogP) is 1.84. The highest BCUT2D eigenvalue weighted by molar-refractivity contribution is 8.13. The largest absolute Gasteiger partial charge is 0.285 e. The summed E-state index contributed by atoms with van der Waals surface area (Å²) in [4.78, 5) is 0.231. The molecular formula is C6H13NO3S4. The highest BCUT2D eigenvalue weighted by Crippen LogP contribution is 2.22. The smallest absolute Gasteiger partial charge is 0.274 e. The van der Waals surface area contributed by atoms with Crippen LogP contribution in [0.2, 0.25) is 0 Å². The van der Waals surface area contributed by atoms with Gasteiger partial charge in [-0.25, -0.2) is 0 Å². The lowest BCUT2D eigenvalue weighted by atomic mass is 10.3. The second-order valence-corrected chi connectivity index (χ2v) is 6.08. The summed E-state index contributed by atoms with van der Waals surface area (Å²) in [5, 5.41) is -0.989. The Morgan fingerprint density at radius 3 is 2.14 bits per heavy atom. The minimum absolute atomic E-state index is 0.231. The summed E-state index contributed by atoms with van der Waals surface area (Å²) in [5.74, 6) is 0. The van der Waals surface area contributed by atoms with Gasteiger partial charge in [0.05, 0.1) is 0 Å². The lowest BCUT2D eigenvalue weighted by molar-refractivity contribution is 0.475. The molecule has 1 unspecified atom stereocenters. The summed E-state index contributed by atoms with van der Waals surface area (Å²) >= 11 is 7.62. The fourth-order valence-electron chi connectivity index (χ4n) is 0.885. The van der Waals surface area contributed by atoms with Crippen molar-refractivity contribution in [1.82, 2.24) is 3.71 Å². The van der Waals surface area contributed by atoms with E-state index in [-0.39, 0.29) is 11.4 Å². The van der Waals surface area contributed by atoms with Crippen LogP contribution in [0, 0.1) is 0 Å². The molecule has 0 saturated heterocycles. The molecule has 0 bridgehead atoms. The molecule has 0 aliphatic rings. The predicted molar refractivity (Wildman–Crippen MR) is 67.1 cm³/mol. The van der Waals surface area contributed by atoms with Gasteiger partial charge in [0.1, 0.15) is 10.2 Å². The summed E-state index contributed by atoms with van der Waals surface area (Å²) in [6.07, 6.45) is 3.86. The van der Waals surface area contributed by atoms with Gasteiger partial charge in [-0.3, -0.25) is 8.26 Å². The maximum atomic E-state index is 11.0. The molecule has 0 aliphatic heterocycles. The van der Waals surface area contributed by atoms with Crippen molar-refractivity contribution < 1.29 is 13.0 Å². The highest BCUT2D eigenvalue weighted by atomic mass is 32.2. The van der Waals surface area contributed by atoms with Crippen molar-refractivity contribution in [3.63, 3.8) is 0 Å². The third-order valence-corrected chi connectivity index (χ3v) is 5.59. The van der Waals surface area contributed by atoms with Crippen LogP contribution in [0.1, 0.15) is 13.3 Å². The summed E-state index contributed by atoms with van der Waals surface area (Å²) in [7, 11) is -4.09. The van der Waals surface area contributed by atoms with Crippen LogP contribution in [0.5, 0.6) is 0 Å². The van der Waals surface area contributed by atoms with Crippen LogP contribution in [0.3, 0.4) is 0 Å². The van der Waals surface area contributed by atoms with Crippen LogP contribution in [0.15, 0.2) is 0 Å². The van der Waals surface area contributed by atoms with Crippen LogP contribution >= 0.6 is 36.1 Å². The van der Waals surface area contributed by atoms with Gasteiger partial charge in [0.15, 0.2) is 0 Å². The summed E-state index contributed by atoms with van der Waals surface area (Å²) < 4.78 is 32.4. The first-order valence-corrected chi connectivity index (χ1v) is 8.04. The fourth-order valence-corrected chi connectivity index (χ4v) is 3.99. The van der Waals surface area contributed by atoms with E-state index in [0.717, 1.165) is 0 Å². The van der Waals surface area contributed by atoms with Crippen molar-refractivity contribution in [2.24, 2.45) is 0 Å². The molecule has 0 saturated carbocycles. The molecule has 4 nitrogen and oxygen atoms in total. The van der Waals surface area contributed by atoms with Gasteiger partial charge >= 0.3 is 0 Å². The molecule has 0 aromatic rings. The Morgan fingerprint density at radius 1 is 1.50 bits per heavy atom. The SMILES string of the molecule is CCC(C(=S)N(SC)SC)S(=O)(=O)O. The van der Waals surface area contributed by atoms with E-state index in [1.807, 2.05) is 0 Å². The molecule has 0 aliphatic carbocycles. The molecule has 0 rings (SSSR count). The molecule has 0 spiro atoms. The van der Waals surface area contributed by atoms with E-state index >= 15 is 0 Å². The quantitative estimate of drug-likeness (QED) is 0.467. The zero-order valence-corrected chi connectivity index (χ0v) is 11.4. The highest BCUT2D eigenvalue weighted by Gasteiger charge is 2.29. The minimum Gasteiger partial charge on any atom is -0.285 e. The maximum Gasteiger partial charge on any atom is 0.274 e. The third-order valence-electron chi connectivity index (χ3n) is 1.52. The van der Waals surface area contributed by atoms with E-state index in [0.29, 0.717) is 0 Å². The van der Waals surface area contributed by atoms with Gasteiger partial charge in [0, 0.05) is 12.5 Å². The van der Waals surface area contributed by atoms with E-state index in [1.54, 1.807) is 23.1 Å². The average Bonchev–Trinajstić information content (AvgIpc) is 2.05. The van der Waals surface area contributed by atoms with Crippen LogP contribution in [-0.2, 0) is 10.1 Å². The van der Waals surface area contributed by atoms with Crippen molar-refractivity contribution in [2.45, 2.75) is 18.6 Å². The van der Waals surface area contributed by atoms with Crippen molar-refractivity contribution in [3.05, 3.63) is 0 Å². The van der Waals surface area contributed by atoms with E-state index in [9.17, 15) is 8.42 Å². The molecule has 8 heteroatoms. The van der Waals surface area contributed by atoms with Gasteiger partial charge in [-0.1, -0.05) is 19.1 Å². The molecule has 14 heavy (non-hydrogen) atoms. The lowest BCUT2D eigenvalue weighted by Gasteiger charge is -2.22. The minimum atomic E-state index is -4.09. The lowest BCUT2D eigenvalue weighted by Crippen LogP contribution is -2.34. The van der Waals surface area contributed by atoms with Crippen LogP contribution in [-0.4, -0.2) is 39.4 Å². The van der Waals surface area contributed by atoms with Gasteiger partial charge in [-0.05, 0) is 30.3 Å². The summed E-state index contributed by atoms with van der Waals surface area (Å²) in [5.41, 5.74) is 0. The Kier molecular flexibility index (Phi) is 6.38. The van der Waals surface area contributed by atoms with Gasteiger partial charge in [0.2, 0.25) is 0 Å². The Morgan fingerprint density at radius 2 is 1.93 bits per heavy atom. The molecule has 0 fully saturated rings. The second kappa shape index (κ2) is 6.16. The second-order valence-electron chi connectivity index (χ2n) is 2.37. The topological polar surface area (TPSA) is 57.6 Å². The zero-order valence-electron chi connectivity index (χ0n) is 8.13. The number of thiocarbonyl (C=S) groups is 1. The maximum absolute atomic E-state index is 11.0. The van der Waals surface area contributed by atoms with Crippen LogP contribution < -0.4 is 0 Å². The van der Waals surface area contributed by atoms with E-state index in [2.05, 4.69) is 0 Å². The van der Waals surface area contributed by atoms with Gasteiger partial charge in [-0.2, -0.15) is 8.42 Å². The monoisotopic (exact) mass is 275 g/mol. The molecule has 0 radical (unpaired) electrons. The zero-order chi connectivity index (χ0) is 11.4. The first-order chi connectivity index (χ1) is 6.38. The fraction of sp³-hybridized carbons (Fsp3) is 0.833. The number of hydrogen-bond acceptors (Lipinski definition) is 5. The number of rotatable bonds is 5. The van der Waals surface area contributed by atoms with Gasteiger partial charge in [-0.15, -0.1) is 0 Å². The van der Waals surface area contributed by atoms with E-state index < -0.39 is 15.4 Å². The number of hydrogen-bond donors (Lipinski definition) is 1. The number of nitrogens with zero attached hydrogens (tertiary/aromatic N) is 1. The molecule has 0 heterocycles. The van der Waals surface area contributed by atoms with Crippen molar-refractivity contribution in [3.8, 4) is 0 Å². The Balaban J connectivity index is 4.80. The molecule has 1 atom stereocenters. The van der Waals surface area contributed by atoms with Crippen molar-refractivity contribution in [2.75, 3.05) is 12.5 Å². The Bertz CT molecular complexity index is 285. The van der Waals surface area contributed by atoms with Crippen molar-refractivity contribution >= 4 is 51.2 Å². The molecule has 0 aromatic carbocycles. The summed E-state index contributed by atoms with van der Waals surface area (Å²) in [6.45, 7) is 1.67. The standard InChI is InChI=1S/C6H13NO3S4/c1-4-5(14(8,9)10)6(11)7(12-2)13-3/h5H,4H2,1-3H3,(H,8,9,10). The van der Waals surface area contributed by atoms with Crippen LogP contribution in [0.25, 0.3) is 0 Å². The Labute approximate surface area is 98.8 Å². The molecule has 0 aromatic heterocycles. The normalized spacial score (nSPS) is 13.7.